The van der Waals surface area contributed by atoms with Crippen LogP contribution >= 0.6 is 8.20 Å². The van der Waals surface area contributed by atoms with E-state index in [9.17, 15) is 0 Å². The summed E-state index contributed by atoms with van der Waals surface area (Å²) in [6, 6.07) is 0. The van der Waals surface area contributed by atoms with Gasteiger partial charge in [-0.3, -0.25) is 0 Å². The van der Waals surface area contributed by atoms with Crippen LogP contribution in [0.2, 0.25) is 0 Å². The van der Waals surface area contributed by atoms with Gasteiger partial charge in [0, 0.05) is 37.7 Å². The Hall–Kier alpha value is 1.17. The van der Waals surface area contributed by atoms with Gasteiger partial charge in [-0.15, -0.1) is 0 Å². The Bertz CT molecular complexity index is 47.3. The fourth-order valence-corrected chi connectivity index (χ4v) is 0.258. The van der Waals surface area contributed by atoms with E-state index in [-0.39, 0.29) is 37.7 Å². The Morgan fingerprint density at radius 3 is 1.60 bits per heavy atom. The van der Waals surface area contributed by atoms with Gasteiger partial charge in [-0.05, 0) is 11.6 Å². The summed E-state index contributed by atoms with van der Waals surface area (Å²) in [7, 11) is 1.37. The number of hydrogen-bond acceptors (Lipinski definition) is 0. The van der Waals surface area contributed by atoms with E-state index in [1.165, 1.54) is 8.20 Å². The van der Waals surface area contributed by atoms with E-state index in [2.05, 4.69) is 11.6 Å². The molecule has 0 N–H and O–H groups in total. The maximum atomic E-state index is 2.10. The van der Waals surface area contributed by atoms with Crippen molar-refractivity contribution in [1.82, 2.24) is 0 Å². The smallest absolute Gasteiger partial charge is 0 e. The molecule has 2 radical (unpaired) electrons. The molecule has 0 fully saturated rings. The van der Waals surface area contributed by atoms with Crippen molar-refractivity contribution in [3.8, 4) is 0 Å². The van der Waals surface area contributed by atoms with E-state index in [0.29, 0.717) is 0 Å². The van der Waals surface area contributed by atoms with E-state index < -0.39 is 0 Å². The van der Waals surface area contributed by atoms with Crippen LogP contribution in [0.3, 0.4) is 0 Å². The first-order valence-electron chi connectivity index (χ1n) is 1.18. The summed E-state index contributed by atoms with van der Waals surface area (Å²) in [5.74, 6) is 4.19. The van der Waals surface area contributed by atoms with Crippen molar-refractivity contribution in [3.05, 3.63) is 11.9 Å². The van der Waals surface area contributed by atoms with Crippen LogP contribution in [0, 0.1) is 0 Å². The van der Waals surface area contributed by atoms with Crippen LogP contribution in [0.25, 0.3) is 0 Å². The van der Waals surface area contributed by atoms with Crippen LogP contribution in [0.15, 0.2) is 11.9 Å². The minimum absolute atomic E-state index is 0. The molecule has 22 valence electrons. The molecule has 0 bridgehead atoms. The maximum Gasteiger partial charge on any atom is 0 e. The minimum Gasteiger partial charge on any atom is -0.0765 e. The largest absolute Gasteiger partial charge is 0.0765 e. The van der Waals surface area contributed by atoms with Crippen molar-refractivity contribution in [1.29, 1.82) is 0 Å². The molecule has 0 amide bonds. The SMILES string of the molecule is C1=CP=C1.[Ca]. The van der Waals surface area contributed by atoms with Crippen molar-refractivity contribution < 1.29 is 0 Å². The molecule has 0 aromatic heterocycles. The van der Waals surface area contributed by atoms with Gasteiger partial charge in [-0.1, -0.05) is 14.3 Å². The average Bonchev–Trinajstić information content (AvgIpc) is 0.722. The molecule has 0 saturated heterocycles. The molecule has 0 nitrogen and oxygen atoms in total. The van der Waals surface area contributed by atoms with E-state index in [4.69, 9.17) is 0 Å². The Balaban J connectivity index is 0.000000160. The third-order valence-corrected chi connectivity index (χ3v) is 1.03. The zero-order valence-corrected chi connectivity index (χ0v) is 5.99. The molecule has 0 aromatic carbocycles. The van der Waals surface area contributed by atoms with Crippen molar-refractivity contribution in [2.75, 3.05) is 0 Å². The Kier molecular flexibility index (Phi) is 4.15. The van der Waals surface area contributed by atoms with Gasteiger partial charge in [-0.25, -0.2) is 0 Å². The zero-order chi connectivity index (χ0) is 2.83. The second-order valence-electron chi connectivity index (χ2n) is 0.640. The van der Waals surface area contributed by atoms with Gasteiger partial charge in [0.15, 0.2) is 0 Å². The van der Waals surface area contributed by atoms with E-state index in [0.717, 1.165) is 0 Å². The average molecular weight is 110 g/mol. The van der Waals surface area contributed by atoms with Gasteiger partial charge in [-0.2, -0.15) is 0 Å². The molecule has 0 aromatic rings. The van der Waals surface area contributed by atoms with Gasteiger partial charge in [0.25, 0.3) is 0 Å². The predicted molar refractivity (Wildman–Crippen MR) is 27.9 cm³/mol. The van der Waals surface area contributed by atoms with E-state index in [1.807, 2.05) is 6.08 Å². The molecule has 1 aliphatic rings. The molecule has 0 spiro atoms. The van der Waals surface area contributed by atoms with Crippen LogP contribution in [0.1, 0.15) is 0 Å². The minimum atomic E-state index is 0. The molecule has 1 heterocycles. The fraction of sp³-hybridized carbons (Fsp3) is 0. The molecule has 0 atom stereocenters. The summed E-state index contributed by atoms with van der Waals surface area (Å²) in [6.07, 6.45) is 2.04. The number of rotatable bonds is 0. The van der Waals surface area contributed by atoms with Crippen LogP contribution in [0.4, 0.5) is 0 Å². The molecular weight excluding hydrogens is 107 g/mol. The summed E-state index contributed by atoms with van der Waals surface area (Å²) in [6.45, 7) is 0. The topological polar surface area (TPSA) is 0 Å². The third kappa shape index (κ3) is 1.94. The summed E-state index contributed by atoms with van der Waals surface area (Å²) in [5.41, 5.74) is 0. The van der Waals surface area contributed by atoms with Crippen LogP contribution in [-0.4, -0.2) is 43.5 Å². The van der Waals surface area contributed by atoms with Crippen LogP contribution < -0.4 is 0 Å². The Morgan fingerprint density at radius 1 is 1.40 bits per heavy atom. The summed E-state index contributed by atoms with van der Waals surface area (Å²) in [4.78, 5) is 0. The molecule has 0 aliphatic carbocycles. The van der Waals surface area contributed by atoms with Crippen molar-refractivity contribution in [2.45, 2.75) is 0 Å². The van der Waals surface area contributed by atoms with Gasteiger partial charge in [0.2, 0.25) is 0 Å². The number of hydrogen-bond donors (Lipinski definition) is 0. The van der Waals surface area contributed by atoms with Crippen LogP contribution in [0.5, 0.6) is 0 Å². The molecular formula is C3H3CaP. The summed E-state index contributed by atoms with van der Waals surface area (Å²) >= 11 is 0. The second-order valence-corrected chi connectivity index (χ2v) is 1.53. The van der Waals surface area contributed by atoms with Crippen molar-refractivity contribution >= 4 is 51.7 Å². The standard InChI is InChI=1S/C3H3P.Ca/c1-2-4-3-1;/h1-3H;. The second kappa shape index (κ2) is 3.36. The summed E-state index contributed by atoms with van der Waals surface area (Å²) < 4.78 is 0. The van der Waals surface area contributed by atoms with E-state index >= 15 is 0 Å². The molecule has 0 unspecified atom stereocenters. The third-order valence-electron chi connectivity index (χ3n) is 0.344. The Morgan fingerprint density at radius 2 is 1.60 bits per heavy atom. The van der Waals surface area contributed by atoms with Gasteiger partial charge >= 0.3 is 0 Å². The summed E-state index contributed by atoms with van der Waals surface area (Å²) in [5, 5.41) is 0. The van der Waals surface area contributed by atoms with E-state index in [1.54, 1.807) is 0 Å². The molecule has 0 saturated carbocycles. The van der Waals surface area contributed by atoms with Gasteiger partial charge in [0.05, 0.1) is 0 Å². The monoisotopic (exact) mass is 110 g/mol. The normalized spacial score (nSPS) is 16.0. The van der Waals surface area contributed by atoms with Gasteiger partial charge in [0.1, 0.15) is 0 Å². The van der Waals surface area contributed by atoms with Crippen molar-refractivity contribution in [2.24, 2.45) is 0 Å². The predicted octanol–water partition coefficient (Wildman–Crippen LogP) is 0.881. The quantitative estimate of drug-likeness (QED) is 0.321. The van der Waals surface area contributed by atoms with Crippen LogP contribution in [-0.2, 0) is 0 Å². The first-order chi connectivity index (χ1) is 2.00. The molecule has 2 heteroatoms. The molecule has 1 aliphatic heterocycles. The first-order valence-corrected chi connectivity index (χ1v) is 2.22. The Labute approximate surface area is 63.1 Å². The fourth-order valence-electron chi connectivity index (χ4n) is 0.0861. The molecule has 5 heavy (non-hydrogen) atoms. The van der Waals surface area contributed by atoms with Gasteiger partial charge < -0.3 is 0 Å². The first kappa shape index (κ1) is 6.17. The zero-order valence-electron chi connectivity index (χ0n) is 2.89. The maximum absolute atomic E-state index is 2.10. The molecule has 1 rings (SSSR count). The number of allylic oxidation sites excluding steroid dienone is 1. The van der Waals surface area contributed by atoms with Crippen molar-refractivity contribution in [3.63, 3.8) is 0 Å².